The molecule has 0 amide bonds. The van der Waals surface area contributed by atoms with Crippen molar-refractivity contribution < 1.29 is 4.58 Å². The van der Waals surface area contributed by atoms with Crippen LogP contribution in [0.25, 0.3) is 5.57 Å². The first-order chi connectivity index (χ1) is 13.3. The number of nitrogens with zero attached hydrogens (tertiary/aromatic N) is 1. The Morgan fingerprint density at radius 1 is 0.741 bits per heavy atom. The van der Waals surface area contributed by atoms with Gasteiger partial charge in [0.15, 0.2) is 5.71 Å². The molecule has 0 atom stereocenters. The van der Waals surface area contributed by atoms with Gasteiger partial charge >= 0.3 is 0 Å². The topological polar surface area (TPSA) is 15.0 Å². The van der Waals surface area contributed by atoms with E-state index in [2.05, 4.69) is 110 Å². The highest BCUT2D eigenvalue weighted by atomic mass is 15.0. The lowest BCUT2D eigenvalue weighted by molar-refractivity contribution is -0.519. The molecule has 2 nitrogen and oxygen atoms in total. The van der Waals surface area contributed by atoms with E-state index in [9.17, 15) is 0 Å². The molecule has 0 spiro atoms. The second-order valence-corrected chi connectivity index (χ2v) is 6.57. The molecule has 27 heavy (non-hydrogen) atoms. The van der Waals surface area contributed by atoms with Crippen molar-refractivity contribution in [2.45, 2.75) is 20.8 Å². The van der Waals surface area contributed by atoms with Gasteiger partial charge in [-0.2, -0.15) is 0 Å². The molecule has 1 N–H and O–H groups in total. The van der Waals surface area contributed by atoms with Crippen LogP contribution in [0.3, 0.4) is 0 Å². The Bertz CT molecular complexity index is 858. The van der Waals surface area contributed by atoms with E-state index in [0.717, 1.165) is 25.3 Å². The summed E-state index contributed by atoms with van der Waals surface area (Å²) in [7, 11) is 0. The number of nitrogens with one attached hydrogen (secondary N) is 1. The molecule has 0 saturated heterocycles. The summed E-state index contributed by atoms with van der Waals surface area (Å²) >= 11 is 0. The number of rotatable bonds is 6. The summed E-state index contributed by atoms with van der Waals surface area (Å²) in [5.74, 6) is 0. The lowest BCUT2D eigenvalue weighted by atomic mass is 9.90. The lowest BCUT2D eigenvalue weighted by Gasteiger charge is -2.14. The van der Waals surface area contributed by atoms with Crippen molar-refractivity contribution >= 4 is 17.0 Å². The van der Waals surface area contributed by atoms with Crippen LogP contribution in [0, 0.1) is 0 Å². The third kappa shape index (κ3) is 4.46. The van der Waals surface area contributed by atoms with E-state index in [4.69, 9.17) is 0 Å². The molecule has 0 bridgehead atoms. The first kappa shape index (κ1) is 18.9. The largest absolute Gasteiger partial charge is 0.385 e. The number of anilines is 1. The van der Waals surface area contributed by atoms with E-state index in [0.29, 0.717) is 0 Å². The first-order valence-electron chi connectivity index (χ1n) is 9.88. The molecular formula is C25H29N2+. The SMILES string of the molecule is CCNc1ccc(C(=C2C=CC(=[N+](CC)CC)C=C2)c2ccccc2)cc1. The van der Waals surface area contributed by atoms with Crippen LogP contribution in [0.1, 0.15) is 31.9 Å². The molecule has 3 rings (SSSR count). The van der Waals surface area contributed by atoms with Crippen molar-refractivity contribution in [3.8, 4) is 0 Å². The van der Waals surface area contributed by atoms with Crippen LogP contribution in [0.4, 0.5) is 5.69 Å². The molecule has 2 aromatic rings. The monoisotopic (exact) mass is 357 g/mol. The predicted octanol–water partition coefficient (Wildman–Crippen LogP) is 5.54. The summed E-state index contributed by atoms with van der Waals surface area (Å²) in [6.07, 6.45) is 8.96. The summed E-state index contributed by atoms with van der Waals surface area (Å²) in [4.78, 5) is 0. The summed E-state index contributed by atoms with van der Waals surface area (Å²) in [6.45, 7) is 9.50. The van der Waals surface area contributed by atoms with Crippen molar-refractivity contribution in [2.24, 2.45) is 0 Å². The first-order valence-corrected chi connectivity index (χ1v) is 9.88. The van der Waals surface area contributed by atoms with E-state index < -0.39 is 0 Å². The molecule has 138 valence electrons. The van der Waals surface area contributed by atoms with Gasteiger partial charge in [0.05, 0.1) is 0 Å². The van der Waals surface area contributed by atoms with Crippen molar-refractivity contribution in [3.63, 3.8) is 0 Å². The Morgan fingerprint density at radius 3 is 1.89 bits per heavy atom. The second kappa shape index (κ2) is 9.18. The van der Waals surface area contributed by atoms with Crippen LogP contribution in [0.15, 0.2) is 84.5 Å². The number of hydrogen-bond donors (Lipinski definition) is 1. The maximum Gasteiger partial charge on any atom is 0.199 e. The van der Waals surface area contributed by atoms with Crippen LogP contribution < -0.4 is 5.32 Å². The van der Waals surface area contributed by atoms with Gasteiger partial charge in [0.25, 0.3) is 0 Å². The number of benzene rings is 2. The maximum atomic E-state index is 3.37. The zero-order chi connectivity index (χ0) is 19.1. The molecule has 0 heterocycles. The van der Waals surface area contributed by atoms with E-state index >= 15 is 0 Å². The molecule has 1 aliphatic carbocycles. The van der Waals surface area contributed by atoms with Crippen LogP contribution in [0.2, 0.25) is 0 Å². The molecule has 2 aromatic carbocycles. The van der Waals surface area contributed by atoms with Gasteiger partial charge in [-0.3, -0.25) is 0 Å². The van der Waals surface area contributed by atoms with Crippen LogP contribution in [-0.2, 0) is 0 Å². The van der Waals surface area contributed by atoms with E-state index in [1.54, 1.807) is 0 Å². The summed E-state index contributed by atoms with van der Waals surface area (Å²) in [5, 5.41) is 3.37. The maximum absolute atomic E-state index is 3.37. The van der Waals surface area contributed by atoms with Crippen LogP contribution in [0.5, 0.6) is 0 Å². The molecule has 1 aliphatic rings. The predicted molar refractivity (Wildman–Crippen MR) is 118 cm³/mol. The van der Waals surface area contributed by atoms with Crippen LogP contribution in [-0.4, -0.2) is 29.9 Å². The highest BCUT2D eigenvalue weighted by Gasteiger charge is 2.14. The van der Waals surface area contributed by atoms with Crippen molar-refractivity contribution in [1.82, 2.24) is 0 Å². The van der Waals surface area contributed by atoms with Gasteiger partial charge in [-0.15, -0.1) is 0 Å². The van der Waals surface area contributed by atoms with Crippen LogP contribution >= 0.6 is 0 Å². The smallest absolute Gasteiger partial charge is 0.199 e. The summed E-state index contributed by atoms with van der Waals surface area (Å²) in [6, 6.07) is 19.4. The zero-order valence-corrected chi connectivity index (χ0v) is 16.6. The van der Waals surface area contributed by atoms with Crippen molar-refractivity contribution in [1.29, 1.82) is 0 Å². The minimum atomic E-state index is 0.932. The van der Waals surface area contributed by atoms with E-state index in [-0.39, 0.29) is 0 Å². The Labute approximate surface area is 163 Å². The van der Waals surface area contributed by atoms with Gasteiger partial charge in [0.2, 0.25) is 0 Å². The van der Waals surface area contributed by atoms with E-state index in [1.165, 1.54) is 28.0 Å². The highest BCUT2D eigenvalue weighted by molar-refractivity contribution is 6.04. The minimum absolute atomic E-state index is 0.932. The fourth-order valence-electron chi connectivity index (χ4n) is 3.49. The third-order valence-electron chi connectivity index (χ3n) is 4.90. The zero-order valence-electron chi connectivity index (χ0n) is 16.6. The van der Waals surface area contributed by atoms with Crippen molar-refractivity contribution in [3.05, 3.63) is 95.6 Å². The highest BCUT2D eigenvalue weighted by Crippen LogP contribution is 2.30. The molecule has 0 fully saturated rings. The molecule has 2 heteroatoms. The summed E-state index contributed by atoms with van der Waals surface area (Å²) in [5.41, 5.74) is 7.42. The Kier molecular flexibility index (Phi) is 6.43. The number of allylic oxidation sites excluding steroid dienone is 5. The lowest BCUT2D eigenvalue weighted by Crippen LogP contribution is -2.19. The average molecular weight is 358 g/mol. The quantitative estimate of drug-likeness (QED) is 0.671. The Morgan fingerprint density at radius 2 is 1.33 bits per heavy atom. The van der Waals surface area contributed by atoms with Gasteiger partial charge in [-0.1, -0.05) is 42.5 Å². The Hall–Kier alpha value is -2.87. The molecular weight excluding hydrogens is 328 g/mol. The average Bonchev–Trinajstić information content (AvgIpc) is 2.72. The van der Waals surface area contributed by atoms with Gasteiger partial charge < -0.3 is 5.32 Å². The van der Waals surface area contributed by atoms with Gasteiger partial charge in [-0.05, 0) is 67.3 Å². The van der Waals surface area contributed by atoms with Gasteiger partial charge in [-0.25, -0.2) is 4.58 Å². The van der Waals surface area contributed by atoms with E-state index in [1.807, 2.05) is 0 Å². The Balaban J connectivity index is 2.07. The summed E-state index contributed by atoms with van der Waals surface area (Å²) < 4.78 is 2.37. The molecule has 0 saturated carbocycles. The number of hydrogen-bond acceptors (Lipinski definition) is 1. The van der Waals surface area contributed by atoms with Gasteiger partial charge in [0, 0.05) is 24.4 Å². The fraction of sp³-hybridized carbons (Fsp3) is 0.240. The molecule has 0 unspecified atom stereocenters. The molecule has 0 aromatic heterocycles. The fourth-order valence-corrected chi connectivity index (χ4v) is 3.49. The third-order valence-corrected chi connectivity index (χ3v) is 4.90. The standard InChI is InChI=1S/C25H28N2/c1-4-26-23-16-12-21(13-17-23)25(20-10-8-7-9-11-20)22-14-18-24(19-15-22)27(5-2)6-3/h7-19H,4-6H2,1-3H3/p+1. The molecule has 0 aliphatic heterocycles. The normalized spacial score (nSPS) is 13.0. The van der Waals surface area contributed by atoms with Crippen molar-refractivity contribution in [2.75, 3.05) is 25.0 Å². The van der Waals surface area contributed by atoms with Gasteiger partial charge in [0.1, 0.15) is 13.1 Å². The second-order valence-electron chi connectivity index (χ2n) is 6.57. The molecule has 0 radical (unpaired) electrons. The minimum Gasteiger partial charge on any atom is -0.385 e.